The number of benzene rings is 2. The maximum absolute atomic E-state index is 13.1. The molecule has 2 aromatic rings. The van der Waals surface area contributed by atoms with Crippen molar-refractivity contribution in [2.45, 2.75) is 32.9 Å². The van der Waals surface area contributed by atoms with Crippen molar-refractivity contribution in [3.63, 3.8) is 0 Å². The lowest BCUT2D eigenvalue weighted by molar-refractivity contribution is -0.142. The average Bonchev–Trinajstić information content (AvgIpc) is 2.78. The van der Waals surface area contributed by atoms with E-state index in [1.165, 1.54) is 0 Å². The van der Waals surface area contributed by atoms with E-state index in [0.717, 1.165) is 11.3 Å². The summed E-state index contributed by atoms with van der Waals surface area (Å²) in [6, 6.07) is 14.0. The van der Waals surface area contributed by atoms with Crippen molar-refractivity contribution in [2.75, 3.05) is 27.4 Å². The molecule has 0 saturated heterocycles. The highest BCUT2D eigenvalue weighted by Crippen LogP contribution is 2.26. The topological polar surface area (TPSA) is 77.1 Å². The van der Waals surface area contributed by atoms with E-state index in [0.29, 0.717) is 24.5 Å². The first-order valence-electron chi connectivity index (χ1n) is 9.99. The Morgan fingerprint density at radius 2 is 1.63 bits per heavy atom. The lowest BCUT2D eigenvalue weighted by atomic mass is 10.1. The van der Waals surface area contributed by atoms with Gasteiger partial charge in [-0.3, -0.25) is 9.59 Å². The van der Waals surface area contributed by atoms with Gasteiger partial charge in [0.15, 0.2) is 18.1 Å². The van der Waals surface area contributed by atoms with Crippen LogP contribution in [0.1, 0.15) is 25.8 Å². The van der Waals surface area contributed by atoms with E-state index in [1.807, 2.05) is 44.2 Å². The maximum atomic E-state index is 13.1. The summed E-state index contributed by atoms with van der Waals surface area (Å²) in [5.74, 6) is 1.28. The van der Waals surface area contributed by atoms with Gasteiger partial charge in [0.25, 0.3) is 5.91 Å². The van der Waals surface area contributed by atoms with Crippen LogP contribution in [0.25, 0.3) is 0 Å². The normalized spacial score (nSPS) is 11.3. The van der Waals surface area contributed by atoms with Crippen molar-refractivity contribution in [3.05, 3.63) is 54.1 Å². The van der Waals surface area contributed by atoms with Crippen LogP contribution in [-0.4, -0.2) is 50.1 Å². The highest BCUT2D eigenvalue weighted by Gasteiger charge is 2.28. The van der Waals surface area contributed by atoms with Crippen molar-refractivity contribution >= 4 is 11.8 Å². The highest BCUT2D eigenvalue weighted by atomic mass is 16.5. The van der Waals surface area contributed by atoms with Gasteiger partial charge < -0.3 is 24.4 Å². The summed E-state index contributed by atoms with van der Waals surface area (Å²) in [6.45, 7) is 4.32. The predicted octanol–water partition coefficient (Wildman–Crippen LogP) is 3.03. The molecule has 0 unspecified atom stereocenters. The van der Waals surface area contributed by atoms with Gasteiger partial charge in [-0.05, 0) is 43.2 Å². The van der Waals surface area contributed by atoms with Crippen molar-refractivity contribution in [2.24, 2.45) is 0 Å². The van der Waals surface area contributed by atoms with Crippen molar-refractivity contribution < 1.29 is 23.8 Å². The van der Waals surface area contributed by atoms with E-state index >= 15 is 0 Å². The number of hydrogen-bond donors (Lipinski definition) is 1. The molecule has 0 bridgehead atoms. The van der Waals surface area contributed by atoms with Gasteiger partial charge in [0, 0.05) is 13.1 Å². The first-order valence-corrected chi connectivity index (χ1v) is 9.99. The summed E-state index contributed by atoms with van der Waals surface area (Å²) >= 11 is 0. The van der Waals surface area contributed by atoms with Gasteiger partial charge in [0.2, 0.25) is 5.91 Å². The van der Waals surface area contributed by atoms with Crippen LogP contribution in [0.15, 0.2) is 48.5 Å². The summed E-state index contributed by atoms with van der Waals surface area (Å²) < 4.78 is 16.2. The molecule has 0 saturated carbocycles. The molecule has 2 rings (SSSR count). The Labute approximate surface area is 177 Å². The van der Waals surface area contributed by atoms with E-state index in [4.69, 9.17) is 14.2 Å². The number of carbonyl (C=O) groups excluding carboxylic acids is 2. The van der Waals surface area contributed by atoms with E-state index in [-0.39, 0.29) is 25.0 Å². The smallest absolute Gasteiger partial charge is 0.261 e. The molecule has 7 heteroatoms. The largest absolute Gasteiger partial charge is 0.497 e. The first-order chi connectivity index (χ1) is 14.5. The molecule has 0 aliphatic rings. The summed E-state index contributed by atoms with van der Waals surface area (Å²) in [4.78, 5) is 27.3. The summed E-state index contributed by atoms with van der Waals surface area (Å²) in [5, 5.41) is 2.81. The maximum Gasteiger partial charge on any atom is 0.261 e. The fourth-order valence-electron chi connectivity index (χ4n) is 3.10. The van der Waals surface area contributed by atoms with Gasteiger partial charge in [0.1, 0.15) is 11.8 Å². The molecule has 0 aliphatic heterocycles. The number of carbonyl (C=O) groups is 2. The number of hydrogen-bond acceptors (Lipinski definition) is 5. The van der Waals surface area contributed by atoms with E-state index in [1.54, 1.807) is 37.3 Å². The summed E-state index contributed by atoms with van der Waals surface area (Å²) in [7, 11) is 3.14. The third-order valence-corrected chi connectivity index (χ3v) is 4.67. The van der Waals surface area contributed by atoms with Gasteiger partial charge in [-0.25, -0.2) is 0 Å². The Morgan fingerprint density at radius 1 is 0.967 bits per heavy atom. The van der Waals surface area contributed by atoms with Gasteiger partial charge in [-0.1, -0.05) is 31.2 Å². The van der Waals surface area contributed by atoms with Gasteiger partial charge in [0.05, 0.1) is 14.2 Å². The van der Waals surface area contributed by atoms with Crippen LogP contribution in [0.4, 0.5) is 0 Å². The van der Waals surface area contributed by atoms with Crippen molar-refractivity contribution in [3.8, 4) is 17.2 Å². The number of methoxy groups -OCH3 is 2. The van der Waals surface area contributed by atoms with Crippen LogP contribution in [0.2, 0.25) is 0 Å². The first kappa shape index (κ1) is 23.1. The van der Waals surface area contributed by atoms with Crippen LogP contribution in [0.3, 0.4) is 0 Å². The third kappa shape index (κ3) is 6.14. The Hall–Kier alpha value is -3.22. The van der Waals surface area contributed by atoms with Crippen molar-refractivity contribution in [1.82, 2.24) is 10.2 Å². The Bertz CT molecular complexity index is 823. The highest BCUT2D eigenvalue weighted by molar-refractivity contribution is 5.88. The number of para-hydroxylation sites is 2. The molecule has 162 valence electrons. The van der Waals surface area contributed by atoms with Crippen LogP contribution in [0.5, 0.6) is 17.2 Å². The minimum absolute atomic E-state index is 0.181. The van der Waals surface area contributed by atoms with Gasteiger partial charge in [-0.15, -0.1) is 0 Å². The fraction of sp³-hybridized carbons (Fsp3) is 0.391. The molecular formula is C23H30N2O5. The Morgan fingerprint density at radius 3 is 2.20 bits per heavy atom. The van der Waals surface area contributed by atoms with Gasteiger partial charge in [-0.2, -0.15) is 0 Å². The number of likely N-dealkylation sites (N-methyl/N-ethyl adjacent to an activating group) is 1. The average molecular weight is 415 g/mol. The second-order valence-corrected chi connectivity index (χ2v) is 6.63. The third-order valence-electron chi connectivity index (χ3n) is 4.67. The monoisotopic (exact) mass is 414 g/mol. The SMILES string of the molecule is CCNC(=O)[C@@H](CC)N(Cc1ccc(OC)cc1)C(=O)COc1ccccc1OC. The molecule has 0 aromatic heterocycles. The Kier molecular flexibility index (Phi) is 9.00. The summed E-state index contributed by atoms with van der Waals surface area (Å²) in [5.41, 5.74) is 0.893. The lowest BCUT2D eigenvalue weighted by Gasteiger charge is -2.30. The number of ether oxygens (including phenoxy) is 3. The summed E-state index contributed by atoms with van der Waals surface area (Å²) in [6.07, 6.45) is 0.488. The van der Waals surface area contributed by atoms with Crippen LogP contribution in [0, 0.1) is 0 Å². The molecule has 0 heterocycles. The molecule has 30 heavy (non-hydrogen) atoms. The molecule has 0 radical (unpaired) electrons. The van der Waals surface area contributed by atoms with Crippen LogP contribution < -0.4 is 19.5 Å². The molecule has 1 atom stereocenters. The Balaban J connectivity index is 2.21. The molecular weight excluding hydrogens is 384 g/mol. The minimum atomic E-state index is -0.596. The molecule has 2 aromatic carbocycles. The zero-order chi connectivity index (χ0) is 21.9. The van der Waals surface area contributed by atoms with E-state index in [2.05, 4.69) is 5.32 Å². The quantitative estimate of drug-likeness (QED) is 0.612. The predicted molar refractivity (Wildman–Crippen MR) is 115 cm³/mol. The fourth-order valence-corrected chi connectivity index (χ4v) is 3.10. The molecule has 0 aliphatic carbocycles. The number of amides is 2. The zero-order valence-corrected chi connectivity index (χ0v) is 18.0. The molecule has 7 nitrogen and oxygen atoms in total. The van der Waals surface area contributed by atoms with Gasteiger partial charge >= 0.3 is 0 Å². The van der Waals surface area contributed by atoms with E-state index in [9.17, 15) is 9.59 Å². The number of nitrogens with one attached hydrogen (secondary N) is 1. The molecule has 1 N–H and O–H groups in total. The van der Waals surface area contributed by atoms with Crippen LogP contribution >= 0.6 is 0 Å². The van der Waals surface area contributed by atoms with E-state index < -0.39 is 6.04 Å². The molecule has 2 amide bonds. The number of rotatable bonds is 11. The standard InChI is InChI=1S/C23H30N2O5/c1-5-19(23(27)24-6-2)25(15-17-11-13-18(28-3)14-12-17)22(26)16-30-21-10-8-7-9-20(21)29-4/h7-14,19H,5-6,15-16H2,1-4H3,(H,24,27)/t19-/m1/s1. The second-order valence-electron chi connectivity index (χ2n) is 6.63. The molecule has 0 spiro atoms. The lowest BCUT2D eigenvalue weighted by Crippen LogP contribution is -2.50. The number of nitrogens with zero attached hydrogens (tertiary/aromatic N) is 1. The second kappa shape index (κ2) is 11.7. The zero-order valence-electron chi connectivity index (χ0n) is 18.0. The van der Waals surface area contributed by atoms with Crippen molar-refractivity contribution in [1.29, 1.82) is 0 Å². The minimum Gasteiger partial charge on any atom is -0.497 e. The molecule has 0 fully saturated rings. The van der Waals surface area contributed by atoms with Crippen LogP contribution in [-0.2, 0) is 16.1 Å².